The molecule has 0 bridgehead atoms. The Balaban J connectivity index is 1.63. The van der Waals surface area contributed by atoms with E-state index in [9.17, 15) is 4.79 Å². The van der Waals surface area contributed by atoms with Crippen molar-refractivity contribution in [1.29, 1.82) is 0 Å². The van der Waals surface area contributed by atoms with Crippen molar-refractivity contribution >= 4 is 11.6 Å². The highest BCUT2D eigenvalue weighted by Gasteiger charge is 2.16. The van der Waals surface area contributed by atoms with Crippen LogP contribution in [0.2, 0.25) is 0 Å². The smallest absolute Gasteiger partial charge is 0.274 e. The lowest BCUT2D eigenvalue weighted by Gasteiger charge is -2.07. The first-order chi connectivity index (χ1) is 13.6. The number of aromatic nitrogens is 5. The van der Waals surface area contributed by atoms with Gasteiger partial charge in [-0.15, -0.1) is 0 Å². The summed E-state index contributed by atoms with van der Waals surface area (Å²) >= 11 is 0. The molecule has 0 saturated heterocycles. The summed E-state index contributed by atoms with van der Waals surface area (Å²) in [6.45, 7) is 1.97. The second-order valence-corrected chi connectivity index (χ2v) is 6.39. The average Bonchev–Trinajstić information content (AvgIpc) is 3.09. The molecule has 0 atom stereocenters. The van der Waals surface area contributed by atoms with Crippen LogP contribution >= 0.6 is 0 Å². The Morgan fingerprint density at radius 1 is 1.07 bits per heavy atom. The van der Waals surface area contributed by atoms with E-state index in [0.717, 1.165) is 11.1 Å². The van der Waals surface area contributed by atoms with Crippen molar-refractivity contribution in [3.05, 3.63) is 78.5 Å². The largest absolute Gasteiger partial charge is 0.317 e. The van der Waals surface area contributed by atoms with E-state index in [0.29, 0.717) is 28.5 Å². The molecule has 0 fully saturated rings. The SMILES string of the molecule is Cc1cncc(-c2cccc(C(=O)Nc3cn(C)nc3-c3ccccn3)n2)c1. The summed E-state index contributed by atoms with van der Waals surface area (Å²) in [6.07, 6.45) is 6.95. The van der Waals surface area contributed by atoms with Gasteiger partial charge >= 0.3 is 0 Å². The molecule has 4 heterocycles. The van der Waals surface area contributed by atoms with E-state index in [1.807, 2.05) is 43.3 Å². The molecule has 28 heavy (non-hydrogen) atoms. The van der Waals surface area contributed by atoms with E-state index in [-0.39, 0.29) is 5.91 Å². The first kappa shape index (κ1) is 17.5. The van der Waals surface area contributed by atoms with Crippen molar-refractivity contribution in [3.8, 4) is 22.6 Å². The second kappa shape index (κ2) is 7.40. The van der Waals surface area contributed by atoms with E-state index in [1.165, 1.54) is 0 Å². The first-order valence-corrected chi connectivity index (χ1v) is 8.75. The third-order valence-electron chi connectivity index (χ3n) is 4.14. The van der Waals surface area contributed by atoms with E-state index >= 15 is 0 Å². The molecule has 0 aliphatic carbocycles. The van der Waals surface area contributed by atoms with Gasteiger partial charge in [-0.05, 0) is 42.8 Å². The number of hydrogen-bond acceptors (Lipinski definition) is 5. The van der Waals surface area contributed by atoms with Crippen molar-refractivity contribution in [1.82, 2.24) is 24.7 Å². The van der Waals surface area contributed by atoms with Gasteiger partial charge in [0.2, 0.25) is 0 Å². The number of amides is 1. The topological polar surface area (TPSA) is 85.6 Å². The molecule has 7 heteroatoms. The number of hydrogen-bond donors (Lipinski definition) is 1. The molecular weight excluding hydrogens is 352 g/mol. The van der Waals surface area contributed by atoms with Crippen LogP contribution in [0.1, 0.15) is 16.1 Å². The third-order valence-corrected chi connectivity index (χ3v) is 4.14. The van der Waals surface area contributed by atoms with Gasteiger partial charge in [0.05, 0.1) is 17.1 Å². The van der Waals surface area contributed by atoms with Gasteiger partial charge in [-0.25, -0.2) is 4.98 Å². The van der Waals surface area contributed by atoms with Gasteiger partial charge in [-0.1, -0.05) is 12.1 Å². The molecule has 4 rings (SSSR count). The Kier molecular flexibility index (Phi) is 4.63. The van der Waals surface area contributed by atoms with Gasteiger partial charge in [0.15, 0.2) is 0 Å². The molecule has 0 radical (unpaired) electrons. The van der Waals surface area contributed by atoms with Crippen LogP contribution in [-0.2, 0) is 7.05 Å². The average molecular weight is 370 g/mol. The minimum atomic E-state index is -0.312. The number of rotatable bonds is 4. The summed E-state index contributed by atoms with van der Waals surface area (Å²) in [6, 6.07) is 12.9. The summed E-state index contributed by atoms with van der Waals surface area (Å²) in [7, 11) is 1.80. The van der Waals surface area contributed by atoms with Gasteiger partial charge in [0, 0.05) is 37.4 Å². The van der Waals surface area contributed by atoms with E-state index < -0.39 is 0 Å². The zero-order valence-corrected chi connectivity index (χ0v) is 15.5. The molecule has 0 spiro atoms. The summed E-state index contributed by atoms with van der Waals surface area (Å²) in [5.41, 5.74) is 4.78. The predicted octanol–water partition coefficient (Wildman–Crippen LogP) is 3.50. The summed E-state index contributed by atoms with van der Waals surface area (Å²) in [4.78, 5) is 25.8. The first-order valence-electron chi connectivity index (χ1n) is 8.75. The number of pyridine rings is 3. The fourth-order valence-corrected chi connectivity index (χ4v) is 2.88. The van der Waals surface area contributed by atoms with Crippen LogP contribution in [-0.4, -0.2) is 30.6 Å². The van der Waals surface area contributed by atoms with Gasteiger partial charge in [0.1, 0.15) is 11.4 Å². The lowest BCUT2D eigenvalue weighted by molar-refractivity contribution is 0.102. The van der Waals surface area contributed by atoms with E-state index in [2.05, 4.69) is 25.4 Å². The van der Waals surface area contributed by atoms with E-state index in [1.54, 1.807) is 42.6 Å². The lowest BCUT2D eigenvalue weighted by atomic mass is 10.1. The normalized spacial score (nSPS) is 10.6. The maximum absolute atomic E-state index is 12.8. The Morgan fingerprint density at radius 3 is 2.71 bits per heavy atom. The van der Waals surface area contributed by atoms with Crippen molar-refractivity contribution in [3.63, 3.8) is 0 Å². The molecular formula is C21H18N6O. The fourth-order valence-electron chi connectivity index (χ4n) is 2.88. The summed E-state index contributed by atoms with van der Waals surface area (Å²) in [5, 5.41) is 7.31. The maximum Gasteiger partial charge on any atom is 0.274 e. The van der Waals surface area contributed by atoms with Crippen LogP contribution in [0.5, 0.6) is 0 Å². The molecule has 1 N–H and O–H groups in total. The third kappa shape index (κ3) is 3.64. The molecule has 0 aliphatic heterocycles. The van der Waals surface area contributed by atoms with Crippen LogP contribution in [0.3, 0.4) is 0 Å². The quantitative estimate of drug-likeness (QED) is 0.594. The van der Waals surface area contributed by atoms with Gasteiger partial charge < -0.3 is 5.32 Å². The predicted molar refractivity (Wildman–Crippen MR) is 107 cm³/mol. The monoisotopic (exact) mass is 370 g/mol. The van der Waals surface area contributed by atoms with Gasteiger partial charge in [-0.2, -0.15) is 5.10 Å². The van der Waals surface area contributed by atoms with Crippen molar-refractivity contribution in [2.24, 2.45) is 7.05 Å². The molecule has 1 amide bonds. The zero-order chi connectivity index (χ0) is 19.5. The molecule has 138 valence electrons. The van der Waals surface area contributed by atoms with Crippen LogP contribution in [0.4, 0.5) is 5.69 Å². The van der Waals surface area contributed by atoms with E-state index in [4.69, 9.17) is 0 Å². The van der Waals surface area contributed by atoms with Crippen LogP contribution in [0.15, 0.2) is 67.3 Å². The zero-order valence-electron chi connectivity index (χ0n) is 15.5. The minimum Gasteiger partial charge on any atom is -0.317 e. The number of aryl methyl sites for hydroxylation is 2. The Hall–Kier alpha value is -3.87. The number of carbonyl (C=O) groups is 1. The van der Waals surface area contributed by atoms with Gasteiger partial charge in [-0.3, -0.25) is 19.4 Å². The van der Waals surface area contributed by atoms with Crippen LogP contribution in [0, 0.1) is 6.92 Å². The molecule has 0 aliphatic rings. The molecule has 4 aromatic heterocycles. The van der Waals surface area contributed by atoms with Gasteiger partial charge in [0.25, 0.3) is 5.91 Å². The summed E-state index contributed by atoms with van der Waals surface area (Å²) in [5.74, 6) is -0.312. The Morgan fingerprint density at radius 2 is 1.93 bits per heavy atom. The number of carbonyl (C=O) groups excluding carboxylic acids is 1. The van der Waals surface area contributed by atoms with Crippen LogP contribution in [0.25, 0.3) is 22.6 Å². The number of nitrogens with one attached hydrogen (secondary N) is 1. The summed E-state index contributed by atoms with van der Waals surface area (Å²) < 4.78 is 1.64. The van der Waals surface area contributed by atoms with Crippen molar-refractivity contribution < 1.29 is 4.79 Å². The van der Waals surface area contributed by atoms with Crippen molar-refractivity contribution in [2.45, 2.75) is 6.92 Å². The standard InChI is InChI=1S/C21H18N6O/c1-14-10-15(12-22-11-14)16-7-5-8-18(24-16)21(28)25-19-13-27(2)26-20(19)17-6-3-4-9-23-17/h3-13H,1-2H3,(H,25,28). The van der Waals surface area contributed by atoms with Crippen LogP contribution < -0.4 is 5.32 Å². The molecule has 4 aromatic rings. The highest BCUT2D eigenvalue weighted by Crippen LogP contribution is 2.25. The molecule has 0 aromatic carbocycles. The molecule has 0 unspecified atom stereocenters. The highest BCUT2D eigenvalue weighted by atomic mass is 16.1. The Bertz CT molecular complexity index is 1140. The second-order valence-electron chi connectivity index (χ2n) is 6.39. The number of nitrogens with zero attached hydrogens (tertiary/aromatic N) is 5. The fraction of sp³-hybridized carbons (Fsp3) is 0.0952. The number of anilines is 1. The molecule has 7 nitrogen and oxygen atoms in total. The maximum atomic E-state index is 12.8. The molecule has 0 saturated carbocycles. The highest BCUT2D eigenvalue weighted by molar-refractivity contribution is 6.04. The van der Waals surface area contributed by atoms with Crippen molar-refractivity contribution in [2.75, 3.05) is 5.32 Å². The lowest BCUT2D eigenvalue weighted by Crippen LogP contribution is -2.14. The minimum absolute atomic E-state index is 0.312. The Labute approximate surface area is 162 Å².